The number of amides is 1. The van der Waals surface area contributed by atoms with Gasteiger partial charge in [-0.05, 0) is 47.0 Å². The Bertz CT molecular complexity index is 684. The Morgan fingerprint density at radius 1 is 1.12 bits per heavy atom. The van der Waals surface area contributed by atoms with Crippen LogP contribution in [-0.2, 0) is 17.9 Å². The van der Waals surface area contributed by atoms with Crippen molar-refractivity contribution in [3.8, 4) is 0 Å². The predicted octanol–water partition coefficient (Wildman–Crippen LogP) is 4.22. The molecular weight excluding hydrogens is 459 g/mol. The van der Waals surface area contributed by atoms with E-state index in [2.05, 4.69) is 37.8 Å². The highest BCUT2D eigenvalue weighted by Crippen LogP contribution is 2.11. The van der Waals surface area contributed by atoms with Crippen molar-refractivity contribution in [1.29, 1.82) is 0 Å². The number of nitrogens with one attached hydrogen (secondary N) is 3. The number of carbonyl (C=O) groups excluding carboxylic acids is 1. The van der Waals surface area contributed by atoms with Gasteiger partial charge in [0.05, 0.1) is 6.54 Å². The van der Waals surface area contributed by atoms with Gasteiger partial charge >= 0.3 is 0 Å². The maximum Gasteiger partial charge on any atom is 0.226 e. The van der Waals surface area contributed by atoms with E-state index in [0.29, 0.717) is 13.1 Å². The topological polar surface area (TPSA) is 65.5 Å². The first-order chi connectivity index (χ1) is 12.1. The van der Waals surface area contributed by atoms with E-state index in [1.165, 1.54) is 5.56 Å². The van der Waals surface area contributed by atoms with Gasteiger partial charge in [0.25, 0.3) is 0 Å². The van der Waals surface area contributed by atoms with Gasteiger partial charge in [-0.3, -0.25) is 4.79 Å². The van der Waals surface area contributed by atoms with E-state index in [4.69, 9.17) is 0 Å². The number of anilines is 1. The van der Waals surface area contributed by atoms with Crippen molar-refractivity contribution >= 4 is 52.9 Å². The van der Waals surface area contributed by atoms with Crippen molar-refractivity contribution in [1.82, 2.24) is 10.6 Å². The number of hydrogen-bond acceptors (Lipinski definition) is 3. The van der Waals surface area contributed by atoms with Crippen molar-refractivity contribution in [3.63, 3.8) is 0 Å². The number of thiophene rings is 1. The molecule has 1 heterocycles. The summed E-state index contributed by atoms with van der Waals surface area (Å²) in [4.78, 5) is 16.3. The van der Waals surface area contributed by atoms with Crippen LogP contribution in [0.4, 0.5) is 5.69 Å². The second-order valence-corrected chi connectivity index (χ2v) is 6.80. The van der Waals surface area contributed by atoms with E-state index in [9.17, 15) is 4.79 Å². The molecule has 0 aliphatic rings. The molecule has 1 aromatic carbocycles. The van der Waals surface area contributed by atoms with Crippen molar-refractivity contribution in [2.24, 2.45) is 10.9 Å². The van der Waals surface area contributed by atoms with E-state index >= 15 is 0 Å². The summed E-state index contributed by atoms with van der Waals surface area (Å²) in [5.74, 6) is 0.801. The van der Waals surface area contributed by atoms with Crippen LogP contribution in [0.25, 0.3) is 0 Å². The zero-order valence-corrected chi connectivity index (χ0v) is 18.6. The molecule has 0 aliphatic carbocycles. The normalized spacial score (nSPS) is 11.0. The molecule has 0 fully saturated rings. The summed E-state index contributed by atoms with van der Waals surface area (Å²) >= 11 is 1.68. The Balaban J connectivity index is 0.00000338. The number of rotatable bonds is 7. The second kappa shape index (κ2) is 11.9. The number of aliphatic imine (C=N–C) groups is 1. The summed E-state index contributed by atoms with van der Waals surface area (Å²) in [7, 11) is 0. The van der Waals surface area contributed by atoms with Crippen LogP contribution in [0.3, 0.4) is 0 Å². The average molecular weight is 486 g/mol. The van der Waals surface area contributed by atoms with Gasteiger partial charge in [0.1, 0.15) is 0 Å². The first kappa shape index (κ1) is 22.4. The Morgan fingerprint density at radius 3 is 2.42 bits per heavy atom. The Morgan fingerprint density at radius 2 is 1.85 bits per heavy atom. The zero-order chi connectivity index (χ0) is 18.1. The summed E-state index contributed by atoms with van der Waals surface area (Å²) in [5, 5.41) is 13.6. The fourth-order valence-corrected chi connectivity index (χ4v) is 2.73. The SMILES string of the molecule is CCNC(=NCc1ccsc1)NCc1ccc(NC(=O)C(C)C)cc1.I. The Labute approximate surface area is 176 Å². The van der Waals surface area contributed by atoms with Crippen LogP contribution < -0.4 is 16.0 Å². The predicted molar refractivity (Wildman–Crippen MR) is 121 cm³/mol. The second-order valence-electron chi connectivity index (χ2n) is 6.02. The molecule has 142 valence electrons. The van der Waals surface area contributed by atoms with Gasteiger partial charge in [-0.1, -0.05) is 26.0 Å². The van der Waals surface area contributed by atoms with Gasteiger partial charge in [-0.15, -0.1) is 24.0 Å². The molecule has 0 bridgehead atoms. The molecule has 1 aromatic heterocycles. The highest BCUT2D eigenvalue weighted by atomic mass is 127. The molecule has 2 rings (SSSR count). The van der Waals surface area contributed by atoms with Gasteiger partial charge in [0.15, 0.2) is 5.96 Å². The van der Waals surface area contributed by atoms with E-state index in [1.807, 2.05) is 45.0 Å². The average Bonchev–Trinajstić information content (AvgIpc) is 3.12. The summed E-state index contributed by atoms with van der Waals surface area (Å²) in [6, 6.07) is 9.94. The molecule has 3 N–H and O–H groups in total. The van der Waals surface area contributed by atoms with Crippen molar-refractivity contribution in [2.45, 2.75) is 33.9 Å². The first-order valence-electron chi connectivity index (χ1n) is 8.51. The minimum absolute atomic E-state index is 0. The highest BCUT2D eigenvalue weighted by molar-refractivity contribution is 14.0. The summed E-state index contributed by atoms with van der Waals surface area (Å²) in [6.45, 7) is 7.97. The van der Waals surface area contributed by atoms with Crippen LogP contribution >= 0.6 is 35.3 Å². The Hall–Kier alpha value is -1.61. The lowest BCUT2D eigenvalue weighted by atomic mass is 10.1. The number of guanidine groups is 1. The van der Waals surface area contributed by atoms with Gasteiger partial charge in [0.2, 0.25) is 5.91 Å². The molecule has 0 radical (unpaired) electrons. The van der Waals surface area contributed by atoms with Crippen molar-refractivity contribution in [2.75, 3.05) is 11.9 Å². The van der Waals surface area contributed by atoms with Crippen molar-refractivity contribution in [3.05, 3.63) is 52.2 Å². The molecule has 0 saturated carbocycles. The summed E-state index contributed by atoms with van der Waals surface area (Å²) < 4.78 is 0. The molecule has 0 aliphatic heterocycles. The lowest BCUT2D eigenvalue weighted by Crippen LogP contribution is -2.36. The number of hydrogen-bond donors (Lipinski definition) is 3. The zero-order valence-electron chi connectivity index (χ0n) is 15.4. The molecule has 0 saturated heterocycles. The third-order valence-electron chi connectivity index (χ3n) is 3.55. The van der Waals surface area contributed by atoms with Crippen LogP contribution in [0, 0.1) is 5.92 Å². The van der Waals surface area contributed by atoms with Gasteiger partial charge in [-0.2, -0.15) is 11.3 Å². The smallest absolute Gasteiger partial charge is 0.226 e. The van der Waals surface area contributed by atoms with E-state index in [0.717, 1.165) is 23.8 Å². The van der Waals surface area contributed by atoms with E-state index in [1.54, 1.807) is 11.3 Å². The molecule has 0 atom stereocenters. The standard InChI is InChI=1S/C19H26N4OS.HI/c1-4-20-19(22-12-16-9-10-25-13-16)21-11-15-5-7-17(8-6-15)23-18(24)14(2)3;/h5-10,13-14H,4,11-12H2,1-3H3,(H,23,24)(H2,20,21,22);1H. The summed E-state index contributed by atoms with van der Waals surface area (Å²) in [5.41, 5.74) is 3.16. The maximum atomic E-state index is 11.7. The summed E-state index contributed by atoms with van der Waals surface area (Å²) in [6.07, 6.45) is 0. The molecule has 0 spiro atoms. The molecule has 5 nitrogen and oxygen atoms in total. The quantitative estimate of drug-likeness (QED) is 0.312. The van der Waals surface area contributed by atoms with Gasteiger partial charge in [-0.25, -0.2) is 4.99 Å². The van der Waals surface area contributed by atoms with Crippen molar-refractivity contribution < 1.29 is 4.79 Å². The van der Waals surface area contributed by atoms with Crippen LogP contribution in [0.15, 0.2) is 46.1 Å². The van der Waals surface area contributed by atoms with Crippen LogP contribution in [0.5, 0.6) is 0 Å². The molecule has 0 unspecified atom stereocenters. The largest absolute Gasteiger partial charge is 0.357 e. The van der Waals surface area contributed by atoms with Crippen LogP contribution in [0.1, 0.15) is 31.9 Å². The van der Waals surface area contributed by atoms with E-state index in [-0.39, 0.29) is 35.8 Å². The van der Waals surface area contributed by atoms with E-state index < -0.39 is 0 Å². The number of benzene rings is 1. The fraction of sp³-hybridized carbons (Fsp3) is 0.368. The third-order valence-corrected chi connectivity index (χ3v) is 4.28. The number of halogens is 1. The fourth-order valence-electron chi connectivity index (χ4n) is 2.07. The first-order valence-corrected chi connectivity index (χ1v) is 9.45. The highest BCUT2D eigenvalue weighted by Gasteiger charge is 2.06. The van der Waals surface area contributed by atoms with Crippen LogP contribution in [0.2, 0.25) is 0 Å². The number of carbonyl (C=O) groups is 1. The molecule has 26 heavy (non-hydrogen) atoms. The third kappa shape index (κ3) is 7.74. The van der Waals surface area contributed by atoms with Gasteiger partial charge in [0, 0.05) is 24.7 Å². The lowest BCUT2D eigenvalue weighted by Gasteiger charge is -2.12. The minimum atomic E-state index is -0.0246. The van der Waals surface area contributed by atoms with Crippen LogP contribution in [-0.4, -0.2) is 18.4 Å². The van der Waals surface area contributed by atoms with Gasteiger partial charge < -0.3 is 16.0 Å². The molecule has 1 amide bonds. The molecular formula is C19H27IN4OS. The molecule has 2 aromatic rings. The lowest BCUT2D eigenvalue weighted by molar-refractivity contribution is -0.118. The minimum Gasteiger partial charge on any atom is -0.357 e. The monoisotopic (exact) mass is 486 g/mol. The molecule has 7 heteroatoms. The Kier molecular flexibility index (Phi) is 10.3. The number of nitrogens with zero attached hydrogens (tertiary/aromatic N) is 1. The maximum absolute atomic E-state index is 11.7.